The first-order valence-electron chi connectivity index (χ1n) is 6.34. The third kappa shape index (κ3) is 1.84. The van der Waals surface area contributed by atoms with E-state index >= 15 is 0 Å². The Morgan fingerprint density at radius 3 is 1.93 bits per heavy atom. The van der Waals surface area contributed by atoms with Gasteiger partial charge in [0, 0.05) is 6.42 Å². The van der Waals surface area contributed by atoms with Crippen molar-refractivity contribution in [2.75, 3.05) is 0 Å². The minimum atomic E-state index is -0.134. The van der Waals surface area contributed by atoms with Crippen LogP contribution in [0.2, 0.25) is 0 Å². The van der Waals surface area contributed by atoms with Gasteiger partial charge in [-0.1, -0.05) is 0 Å². The lowest BCUT2D eigenvalue weighted by molar-refractivity contribution is -0.114. The Kier molecular flexibility index (Phi) is 2.35. The Morgan fingerprint density at radius 2 is 1.53 bits per heavy atom. The third-order valence-corrected chi connectivity index (χ3v) is 5.21. The van der Waals surface area contributed by atoms with Crippen LogP contribution in [-0.2, 0) is 4.79 Å². The Labute approximate surface area is 96.6 Å². The van der Waals surface area contributed by atoms with Gasteiger partial charge in [-0.2, -0.15) is 0 Å². The van der Waals surface area contributed by atoms with Crippen molar-refractivity contribution < 1.29 is 4.79 Å². The van der Waals surface area contributed by atoms with Crippen LogP contribution in [0.1, 0.15) is 51.4 Å². The van der Waals surface area contributed by atoms with E-state index in [4.69, 9.17) is 11.6 Å². The maximum Gasteiger partial charge on any atom is 0.221 e. The molecule has 0 saturated heterocycles. The van der Waals surface area contributed by atoms with Crippen molar-refractivity contribution in [3.8, 4) is 0 Å². The second-order valence-corrected chi connectivity index (χ2v) is 6.69. The van der Waals surface area contributed by atoms with Crippen LogP contribution in [0.15, 0.2) is 0 Å². The molecule has 4 bridgehead atoms. The molecule has 0 atom stereocenters. The summed E-state index contributed by atoms with van der Waals surface area (Å²) >= 11 is 5.48. The van der Waals surface area contributed by atoms with Crippen molar-refractivity contribution in [3.63, 3.8) is 0 Å². The van der Waals surface area contributed by atoms with E-state index in [1.54, 1.807) is 0 Å². The zero-order chi connectivity index (χ0) is 10.5. The van der Waals surface area contributed by atoms with Crippen LogP contribution in [0.5, 0.6) is 0 Å². The molecule has 1 nitrogen and oxygen atoms in total. The maximum absolute atomic E-state index is 10.9. The van der Waals surface area contributed by atoms with Gasteiger partial charge < -0.3 is 0 Å². The molecular formula is C13H19ClO. The Bertz CT molecular complexity index is 249. The number of halogens is 1. The Hall–Kier alpha value is -0.0400. The molecular weight excluding hydrogens is 208 g/mol. The highest BCUT2D eigenvalue weighted by molar-refractivity contribution is 6.63. The van der Waals surface area contributed by atoms with E-state index in [0.29, 0.717) is 11.8 Å². The molecule has 0 amide bonds. The smallest absolute Gasteiger partial charge is 0.221 e. The molecule has 0 aromatic carbocycles. The van der Waals surface area contributed by atoms with Crippen molar-refractivity contribution in [2.45, 2.75) is 51.4 Å². The van der Waals surface area contributed by atoms with Crippen molar-refractivity contribution in [2.24, 2.45) is 23.2 Å². The summed E-state index contributed by atoms with van der Waals surface area (Å²) < 4.78 is 0. The highest BCUT2D eigenvalue weighted by atomic mass is 35.5. The van der Waals surface area contributed by atoms with E-state index in [9.17, 15) is 4.79 Å². The molecule has 0 heterocycles. The van der Waals surface area contributed by atoms with Gasteiger partial charge in [-0.05, 0) is 79.7 Å². The van der Waals surface area contributed by atoms with Crippen LogP contribution in [0.4, 0.5) is 0 Å². The largest absolute Gasteiger partial charge is 0.281 e. The van der Waals surface area contributed by atoms with Crippen LogP contribution in [0.3, 0.4) is 0 Å². The van der Waals surface area contributed by atoms with Gasteiger partial charge in [0.2, 0.25) is 5.24 Å². The van der Waals surface area contributed by atoms with Gasteiger partial charge in [0.15, 0.2) is 0 Å². The van der Waals surface area contributed by atoms with Crippen molar-refractivity contribution in [1.82, 2.24) is 0 Å². The summed E-state index contributed by atoms with van der Waals surface area (Å²) in [6, 6.07) is 0. The SMILES string of the molecule is O=C(Cl)CCC12CC3CC(CC(C3)C1)C2. The first-order valence-corrected chi connectivity index (χ1v) is 6.71. The van der Waals surface area contributed by atoms with E-state index in [-0.39, 0.29) is 5.24 Å². The molecule has 0 aliphatic heterocycles. The van der Waals surface area contributed by atoms with Crippen LogP contribution in [0, 0.1) is 23.2 Å². The summed E-state index contributed by atoms with van der Waals surface area (Å²) in [7, 11) is 0. The van der Waals surface area contributed by atoms with Crippen molar-refractivity contribution in [3.05, 3.63) is 0 Å². The number of hydrogen-bond acceptors (Lipinski definition) is 1. The average Bonchev–Trinajstić information content (AvgIpc) is 2.12. The summed E-state index contributed by atoms with van der Waals surface area (Å²) in [4.78, 5) is 10.9. The first-order chi connectivity index (χ1) is 7.15. The van der Waals surface area contributed by atoms with E-state index in [2.05, 4.69) is 0 Å². The fourth-order valence-electron chi connectivity index (χ4n) is 4.96. The molecule has 4 fully saturated rings. The minimum absolute atomic E-state index is 0.134. The zero-order valence-corrected chi connectivity index (χ0v) is 9.93. The summed E-state index contributed by atoms with van der Waals surface area (Å²) in [6.45, 7) is 0. The summed E-state index contributed by atoms with van der Waals surface area (Å²) in [5.74, 6) is 2.96. The lowest BCUT2D eigenvalue weighted by Crippen LogP contribution is -2.46. The molecule has 4 aliphatic carbocycles. The van der Waals surface area contributed by atoms with Crippen LogP contribution >= 0.6 is 11.6 Å². The lowest BCUT2D eigenvalue weighted by atomic mass is 9.48. The number of carbonyl (C=O) groups is 1. The molecule has 2 heteroatoms. The number of rotatable bonds is 3. The van der Waals surface area contributed by atoms with E-state index in [0.717, 1.165) is 24.2 Å². The molecule has 0 aromatic rings. The van der Waals surface area contributed by atoms with Gasteiger partial charge in [0.25, 0.3) is 0 Å². The van der Waals surface area contributed by atoms with Crippen LogP contribution < -0.4 is 0 Å². The normalized spacial score (nSPS) is 47.1. The highest BCUT2D eigenvalue weighted by Gasteiger charge is 2.50. The third-order valence-electron chi connectivity index (χ3n) is 5.02. The second kappa shape index (κ2) is 3.48. The van der Waals surface area contributed by atoms with Gasteiger partial charge in [0.05, 0.1) is 0 Å². The van der Waals surface area contributed by atoms with Crippen molar-refractivity contribution in [1.29, 1.82) is 0 Å². The Balaban J connectivity index is 1.72. The molecule has 0 N–H and O–H groups in total. The summed E-state index contributed by atoms with van der Waals surface area (Å²) in [5, 5.41) is -0.134. The van der Waals surface area contributed by atoms with E-state index in [1.165, 1.54) is 38.5 Å². The molecule has 15 heavy (non-hydrogen) atoms. The monoisotopic (exact) mass is 226 g/mol. The Morgan fingerprint density at radius 1 is 1.07 bits per heavy atom. The predicted octanol–water partition coefficient (Wildman–Crippen LogP) is 3.75. The standard InChI is InChI=1S/C13H19ClO/c14-12(15)1-2-13-6-9-3-10(7-13)5-11(4-9)8-13/h9-11H,1-8H2. The van der Waals surface area contributed by atoms with Gasteiger partial charge in [-0.15, -0.1) is 0 Å². The highest BCUT2D eigenvalue weighted by Crippen LogP contribution is 2.61. The predicted molar refractivity (Wildman–Crippen MR) is 60.7 cm³/mol. The molecule has 84 valence electrons. The van der Waals surface area contributed by atoms with Crippen molar-refractivity contribution >= 4 is 16.8 Å². The molecule has 0 radical (unpaired) electrons. The van der Waals surface area contributed by atoms with Gasteiger partial charge >= 0.3 is 0 Å². The summed E-state index contributed by atoms with van der Waals surface area (Å²) in [6.07, 6.45) is 10.3. The van der Waals surface area contributed by atoms with Gasteiger partial charge in [-0.25, -0.2) is 0 Å². The topological polar surface area (TPSA) is 17.1 Å². The molecule has 4 rings (SSSR count). The summed E-state index contributed by atoms with van der Waals surface area (Å²) in [5.41, 5.74) is 0.527. The van der Waals surface area contributed by atoms with Gasteiger partial charge in [-0.3, -0.25) is 4.79 Å². The number of hydrogen-bond donors (Lipinski definition) is 0. The average molecular weight is 227 g/mol. The quantitative estimate of drug-likeness (QED) is 0.670. The first kappa shape index (κ1) is 10.1. The van der Waals surface area contributed by atoms with E-state index < -0.39 is 0 Å². The van der Waals surface area contributed by atoms with Crippen LogP contribution in [-0.4, -0.2) is 5.24 Å². The maximum atomic E-state index is 10.9. The van der Waals surface area contributed by atoms with Gasteiger partial charge in [0.1, 0.15) is 0 Å². The zero-order valence-electron chi connectivity index (χ0n) is 9.18. The second-order valence-electron chi connectivity index (χ2n) is 6.27. The molecule has 4 saturated carbocycles. The minimum Gasteiger partial charge on any atom is -0.281 e. The fraction of sp³-hybridized carbons (Fsp3) is 0.923. The van der Waals surface area contributed by atoms with E-state index in [1.807, 2.05) is 0 Å². The number of carbonyl (C=O) groups excluding carboxylic acids is 1. The fourth-order valence-corrected chi connectivity index (χ4v) is 5.05. The molecule has 4 aliphatic rings. The molecule has 0 aromatic heterocycles. The lowest BCUT2D eigenvalue weighted by Gasteiger charge is -2.57. The molecule has 0 unspecified atom stereocenters. The van der Waals surface area contributed by atoms with Crippen LogP contribution in [0.25, 0.3) is 0 Å². The molecule has 0 spiro atoms.